The number of halogens is 1. The highest BCUT2D eigenvalue weighted by Gasteiger charge is 2.16. The summed E-state index contributed by atoms with van der Waals surface area (Å²) in [5, 5.41) is 3.14. The molecule has 0 heterocycles. The van der Waals surface area contributed by atoms with Crippen molar-refractivity contribution >= 4 is 23.2 Å². The van der Waals surface area contributed by atoms with Gasteiger partial charge in [-0.15, -0.1) is 0 Å². The summed E-state index contributed by atoms with van der Waals surface area (Å²) < 4.78 is 21.4. The molecule has 0 fully saturated rings. The Kier molecular flexibility index (Phi) is 6.58. The van der Waals surface area contributed by atoms with Gasteiger partial charge in [-0.25, -0.2) is 0 Å². The Morgan fingerprint density at radius 2 is 1.58 bits per heavy atom. The number of anilines is 1. The van der Waals surface area contributed by atoms with E-state index in [1.807, 2.05) is 13.8 Å². The van der Waals surface area contributed by atoms with Gasteiger partial charge in [0.1, 0.15) is 11.5 Å². The van der Waals surface area contributed by atoms with E-state index in [4.69, 9.17) is 30.5 Å². The van der Waals surface area contributed by atoms with Crippen LogP contribution < -0.4 is 24.3 Å². The van der Waals surface area contributed by atoms with Crippen LogP contribution in [0.15, 0.2) is 30.3 Å². The number of hydrogen-bond acceptors (Lipinski definition) is 5. The number of carbonyl (C=O) groups is 1. The second-order valence-corrected chi connectivity index (χ2v) is 6.08. The van der Waals surface area contributed by atoms with Gasteiger partial charge in [0.2, 0.25) is 0 Å². The number of ether oxygens (including phenoxy) is 4. The fourth-order valence-corrected chi connectivity index (χ4v) is 2.55. The van der Waals surface area contributed by atoms with E-state index in [0.29, 0.717) is 39.3 Å². The zero-order valence-electron chi connectivity index (χ0n) is 15.4. The summed E-state index contributed by atoms with van der Waals surface area (Å²) in [6.45, 7) is 3.83. The number of carbonyl (C=O) groups excluding carboxylic acids is 1. The first kappa shape index (κ1) is 19.7. The maximum atomic E-state index is 12.6. The Bertz CT molecular complexity index is 792. The highest BCUT2D eigenvalue weighted by molar-refractivity contribution is 6.32. The quantitative estimate of drug-likeness (QED) is 0.772. The monoisotopic (exact) mass is 379 g/mol. The Morgan fingerprint density at radius 1 is 0.923 bits per heavy atom. The molecule has 0 atom stereocenters. The minimum absolute atomic E-state index is 0.00530. The summed E-state index contributed by atoms with van der Waals surface area (Å²) in [5.74, 6) is 1.61. The predicted octanol–water partition coefficient (Wildman–Crippen LogP) is 4.41. The van der Waals surface area contributed by atoms with Gasteiger partial charge in [0.25, 0.3) is 5.91 Å². The van der Waals surface area contributed by atoms with Crippen molar-refractivity contribution < 1.29 is 23.7 Å². The van der Waals surface area contributed by atoms with Crippen LogP contribution in [0.2, 0.25) is 5.02 Å². The lowest BCUT2D eigenvalue weighted by atomic mass is 10.1. The second kappa shape index (κ2) is 8.67. The number of rotatable bonds is 7. The minimum Gasteiger partial charge on any atom is -0.495 e. The Hall–Kier alpha value is -2.60. The molecule has 1 N–H and O–H groups in total. The zero-order chi connectivity index (χ0) is 19.3. The summed E-state index contributed by atoms with van der Waals surface area (Å²) in [5.41, 5.74) is 0.844. The Balaban J connectivity index is 2.29. The zero-order valence-corrected chi connectivity index (χ0v) is 16.1. The number of amides is 1. The SMILES string of the molecule is COc1cc(OC)c(NC(=O)c2ccc(OC(C)C)c(OC)c2)cc1Cl. The molecule has 0 spiro atoms. The first-order chi connectivity index (χ1) is 12.4. The van der Waals surface area contributed by atoms with Crippen molar-refractivity contribution in [3.05, 3.63) is 40.9 Å². The van der Waals surface area contributed by atoms with Crippen molar-refractivity contribution in [1.82, 2.24) is 0 Å². The lowest BCUT2D eigenvalue weighted by Crippen LogP contribution is -2.13. The number of methoxy groups -OCH3 is 3. The molecule has 0 saturated carbocycles. The molecule has 0 aliphatic carbocycles. The van der Waals surface area contributed by atoms with Crippen molar-refractivity contribution in [2.75, 3.05) is 26.6 Å². The number of hydrogen-bond donors (Lipinski definition) is 1. The van der Waals surface area contributed by atoms with E-state index in [2.05, 4.69) is 5.32 Å². The van der Waals surface area contributed by atoms with Gasteiger partial charge in [-0.3, -0.25) is 4.79 Å². The van der Waals surface area contributed by atoms with Crippen molar-refractivity contribution in [2.45, 2.75) is 20.0 Å². The third-order valence-electron chi connectivity index (χ3n) is 3.51. The van der Waals surface area contributed by atoms with Gasteiger partial charge in [0.05, 0.1) is 38.1 Å². The van der Waals surface area contributed by atoms with Crippen molar-refractivity contribution in [3.8, 4) is 23.0 Å². The second-order valence-electron chi connectivity index (χ2n) is 5.67. The summed E-state index contributed by atoms with van der Waals surface area (Å²) in [4.78, 5) is 12.6. The van der Waals surface area contributed by atoms with Crippen LogP contribution >= 0.6 is 11.6 Å². The van der Waals surface area contributed by atoms with Crippen molar-refractivity contribution in [3.63, 3.8) is 0 Å². The molecule has 2 aromatic rings. The van der Waals surface area contributed by atoms with E-state index in [0.717, 1.165) is 0 Å². The first-order valence-corrected chi connectivity index (χ1v) is 8.35. The van der Waals surface area contributed by atoms with Gasteiger partial charge in [-0.05, 0) is 38.1 Å². The third kappa shape index (κ3) is 4.52. The van der Waals surface area contributed by atoms with Gasteiger partial charge >= 0.3 is 0 Å². The molecule has 0 aromatic heterocycles. The maximum Gasteiger partial charge on any atom is 0.255 e. The van der Waals surface area contributed by atoms with Gasteiger partial charge in [-0.2, -0.15) is 0 Å². The summed E-state index contributed by atoms with van der Waals surface area (Å²) >= 11 is 6.14. The standard InChI is InChI=1S/C19H22ClNO5/c1-11(2)26-15-7-6-12(8-18(15)25-5)19(22)21-14-9-13(20)16(23-3)10-17(14)24-4/h6-11H,1-5H3,(H,21,22). The number of nitrogens with one attached hydrogen (secondary N) is 1. The molecule has 26 heavy (non-hydrogen) atoms. The lowest BCUT2D eigenvalue weighted by molar-refractivity contribution is 0.102. The highest BCUT2D eigenvalue weighted by Crippen LogP contribution is 2.36. The van der Waals surface area contributed by atoms with Gasteiger partial charge in [0, 0.05) is 11.6 Å². The van der Waals surface area contributed by atoms with Crippen molar-refractivity contribution in [1.29, 1.82) is 0 Å². The largest absolute Gasteiger partial charge is 0.495 e. The summed E-state index contributed by atoms with van der Waals surface area (Å²) in [6, 6.07) is 8.16. The van der Waals surface area contributed by atoms with Gasteiger partial charge < -0.3 is 24.3 Å². The van der Waals surface area contributed by atoms with Crippen LogP contribution in [-0.4, -0.2) is 33.3 Å². The van der Waals surface area contributed by atoms with Gasteiger partial charge in [-0.1, -0.05) is 11.6 Å². The molecule has 0 aliphatic rings. The smallest absolute Gasteiger partial charge is 0.255 e. The molecule has 1 amide bonds. The van der Waals surface area contributed by atoms with Crippen LogP contribution in [0.5, 0.6) is 23.0 Å². The van der Waals surface area contributed by atoms with E-state index in [1.165, 1.54) is 21.3 Å². The molecule has 0 bridgehead atoms. The third-order valence-corrected chi connectivity index (χ3v) is 3.81. The molecule has 0 aliphatic heterocycles. The summed E-state index contributed by atoms with van der Waals surface area (Å²) in [7, 11) is 4.53. The molecular formula is C19H22ClNO5. The molecule has 0 radical (unpaired) electrons. The fraction of sp³-hybridized carbons (Fsp3) is 0.316. The topological polar surface area (TPSA) is 66.0 Å². The van der Waals surface area contributed by atoms with Crippen LogP contribution in [0, 0.1) is 0 Å². The highest BCUT2D eigenvalue weighted by atomic mass is 35.5. The van der Waals surface area contributed by atoms with E-state index < -0.39 is 0 Å². The minimum atomic E-state index is -0.334. The normalized spacial score (nSPS) is 10.4. The van der Waals surface area contributed by atoms with Crippen molar-refractivity contribution in [2.24, 2.45) is 0 Å². The molecule has 6 nitrogen and oxygen atoms in total. The molecule has 2 aromatic carbocycles. The summed E-state index contributed by atoms with van der Waals surface area (Å²) in [6.07, 6.45) is -0.00530. The van der Waals surface area contributed by atoms with Crippen LogP contribution in [0.3, 0.4) is 0 Å². The van der Waals surface area contributed by atoms with E-state index in [9.17, 15) is 4.79 Å². The van der Waals surface area contributed by atoms with Gasteiger partial charge in [0.15, 0.2) is 11.5 Å². The molecule has 140 valence electrons. The average Bonchev–Trinajstić information content (AvgIpc) is 2.61. The van der Waals surface area contributed by atoms with E-state index >= 15 is 0 Å². The van der Waals surface area contributed by atoms with Crippen LogP contribution in [0.1, 0.15) is 24.2 Å². The lowest BCUT2D eigenvalue weighted by Gasteiger charge is -2.15. The number of benzene rings is 2. The van der Waals surface area contributed by atoms with Crippen LogP contribution in [-0.2, 0) is 0 Å². The first-order valence-electron chi connectivity index (χ1n) is 7.97. The van der Waals surface area contributed by atoms with E-state index in [-0.39, 0.29) is 12.0 Å². The fourth-order valence-electron chi connectivity index (χ4n) is 2.31. The predicted molar refractivity (Wildman–Crippen MR) is 101 cm³/mol. The molecule has 0 unspecified atom stereocenters. The Labute approximate surface area is 158 Å². The molecular weight excluding hydrogens is 358 g/mol. The average molecular weight is 380 g/mol. The van der Waals surface area contributed by atoms with Crippen LogP contribution in [0.25, 0.3) is 0 Å². The molecule has 2 rings (SSSR count). The Morgan fingerprint density at radius 3 is 2.15 bits per heavy atom. The molecule has 7 heteroatoms. The maximum absolute atomic E-state index is 12.6. The molecule has 0 saturated heterocycles. The van der Waals surface area contributed by atoms with E-state index in [1.54, 1.807) is 30.3 Å². The van der Waals surface area contributed by atoms with Crippen LogP contribution in [0.4, 0.5) is 5.69 Å².